The van der Waals surface area contributed by atoms with Crippen molar-refractivity contribution in [3.63, 3.8) is 0 Å². The Balaban J connectivity index is 1.41. The molecule has 0 radical (unpaired) electrons. The van der Waals surface area contributed by atoms with Gasteiger partial charge in [0, 0.05) is 55.3 Å². The van der Waals surface area contributed by atoms with Crippen molar-refractivity contribution in [2.45, 2.75) is 12.8 Å². The van der Waals surface area contributed by atoms with Crippen LogP contribution in [0.3, 0.4) is 0 Å². The lowest BCUT2D eigenvalue weighted by Gasteiger charge is -2.19. The Labute approximate surface area is 177 Å². The first kappa shape index (κ1) is 19.4. The lowest BCUT2D eigenvalue weighted by atomic mass is 10.1. The van der Waals surface area contributed by atoms with Crippen LogP contribution in [0.1, 0.15) is 21.9 Å². The fraction of sp³-hybridized carbons (Fsp3) is 0.136. The van der Waals surface area contributed by atoms with Crippen LogP contribution >= 0.6 is 22.9 Å². The highest BCUT2D eigenvalue weighted by atomic mass is 35.5. The summed E-state index contributed by atoms with van der Waals surface area (Å²) in [4.78, 5) is 19.0. The number of anilines is 2. The van der Waals surface area contributed by atoms with E-state index in [-0.39, 0.29) is 5.78 Å². The molecule has 146 valence electrons. The van der Waals surface area contributed by atoms with Gasteiger partial charge in [0.15, 0.2) is 5.78 Å². The number of ketones is 1. The molecule has 0 aliphatic heterocycles. The molecule has 0 aliphatic carbocycles. The van der Waals surface area contributed by atoms with Gasteiger partial charge in [0.2, 0.25) is 0 Å². The minimum atomic E-state index is 0.0587. The Hall–Kier alpha value is -2.96. The molecule has 0 fully saturated rings. The molecule has 0 spiro atoms. The van der Waals surface area contributed by atoms with Crippen LogP contribution < -0.4 is 4.90 Å². The molecular formula is C22H18ClN3O2S. The lowest BCUT2D eigenvalue weighted by molar-refractivity contribution is 0.0984. The summed E-state index contributed by atoms with van der Waals surface area (Å²) in [7, 11) is 2.01. The van der Waals surface area contributed by atoms with E-state index in [4.69, 9.17) is 16.1 Å². The van der Waals surface area contributed by atoms with Crippen LogP contribution in [0.15, 0.2) is 71.5 Å². The number of rotatable bonds is 7. The average molecular weight is 424 g/mol. The molecule has 0 saturated carbocycles. The number of carbonyl (C=O) groups is 1. The second-order valence-corrected chi connectivity index (χ2v) is 8.23. The van der Waals surface area contributed by atoms with Crippen molar-refractivity contribution in [2.75, 3.05) is 11.9 Å². The monoisotopic (exact) mass is 423 g/mol. The van der Waals surface area contributed by atoms with Crippen LogP contribution in [0.25, 0.3) is 11.3 Å². The molecule has 7 heteroatoms. The number of benzene rings is 1. The van der Waals surface area contributed by atoms with E-state index in [2.05, 4.69) is 15.0 Å². The summed E-state index contributed by atoms with van der Waals surface area (Å²) < 4.78 is 6.03. The van der Waals surface area contributed by atoms with E-state index in [0.717, 1.165) is 22.6 Å². The first-order chi connectivity index (χ1) is 14.1. The standard InChI is InChI=1S/C22H18ClN3O2S/c1-26(17-10-12-24-13-11-17)16-4-2-15(3-5-16)19-14-18(28-25-19)6-7-20(27)21-8-9-22(23)29-21/h2-5,8-14H,6-7H2,1H3. The number of nitrogens with zero attached hydrogens (tertiary/aromatic N) is 3. The largest absolute Gasteiger partial charge is 0.361 e. The molecule has 3 heterocycles. The third-order valence-corrected chi connectivity index (χ3v) is 5.88. The SMILES string of the molecule is CN(c1ccncc1)c1ccc(-c2cc(CCC(=O)c3ccc(Cl)s3)on2)cc1. The molecule has 1 aromatic carbocycles. The Morgan fingerprint density at radius 2 is 1.79 bits per heavy atom. The third kappa shape index (κ3) is 4.55. The zero-order valence-corrected chi connectivity index (χ0v) is 17.3. The summed E-state index contributed by atoms with van der Waals surface area (Å²) in [5.41, 5.74) is 3.84. The average Bonchev–Trinajstić information content (AvgIpc) is 3.41. The fourth-order valence-corrected chi connectivity index (χ4v) is 3.97. The van der Waals surface area contributed by atoms with E-state index < -0.39 is 0 Å². The van der Waals surface area contributed by atoms with Crippen LogP contribution in [0, 0.1) is 0 Å². The molecule has 5 nitrogen and oxygen atoms in total. The molecule has 0 N–H and O–H groups in total. The Bertz CT molecular complexity index is 1110. The normalized spacial score (nSPS) is 10.8. The quantitative estimate of drug-likeness (QED) is 0.339. The number of Topliss-reactive ketones (excluding diaryl/α,β-unsaturated/α-hetero) is 1. The van der Waals surface area contributed by atoms with E-state index in [0.29, 0.717) is 27.8 Å². The molecule has 0 amide bonds. The molecule has 4 aromatic rings. The number of aromatic nitrogens is 2. The van der Waals surface area contributed by atoms with Crippen LogP contribution in [0.5, 0.6) is 0 Å². The van der Waals surface area contributed by atoms with E-state index in [1.54, 1.807) is 24.5 Å². The number of carbonyl (C=O) groups excluding carboxylic acids is 1. The van der Waals surface area contributed by atoms with Crippen LogP contribution in [0.2, 0.25) is 4.34 Å². The zero-order valence-electron chi connectivity index (χ0n) is 15.7. The van der Waals surface area contributed by atoms with Crippen molar-refractivity contribution in [1.82, 2.24) is 10.1 Å². The van der Waals surface area contributed by atoms with Gasteiger partial charge < -0.3 is 9.42 Å². The van der Waals surface area contributed by atoms with E-state index in [1.807, 2.05) is 49.5 Å². The predicted octanol–water partition coefficient (Wildman–Crippen LogP) is 6.03. The van der Waals surface area contributed by atoms with Crippen molar-refractivity contribution in [3.8, 4) is 11.3 Å². The molecule has 0 saturated heterocycles. The van der Waals surface area contributed by atoms with Gasteiger partial charge in [-0.2, -0.15) is 0 Å². The molecule has 29 heavy (non-hydrogen) atoms. The maximum atomic E-state index is 12.2. The van der Waals surface area contributed by atoms with E-state index in [9.17, 15) is 4.79 Å². The van der Waals surface area contributed by atoms with Crippen LogP contribution in [-0.4, -0.2) is 23.0 Å². The predicted molar refractivity (Wildman–Crippen MR) is 116 cm³/mol. The van der Waals surface area contributed by atoms with Gasteiger partial charge in [-0.05, 0) is 36.4 Å². The van der Waals surface area contributed by atoms with Crippen LogP contribution in [-0.2, 0) is 6.42 Å². The van der Waals surface area contributed by atoms with Gasteiger partial charge >= 0.3 is 0 Å². The third-order valence-electron chi connectivity index (χ3n) is 4.61. The summed E-state index contributed by atoms with van der Waals surface area (Å²) in [5.74, 6) is 0.748. The Morgan fingerprint density at radius 3 is 2.48 bits per heavy atom. The number of thiophene rings is 1. The topological polar surface area (TPSA) is 59.2 Å². The van der Waals surface area contributed by atoms with Gasteiger partial charge in [0.25, 0.3) is 0 Å². The molecule has 0 atom stereocenters. The number of halogens is 1. The maximum absolute atomic E-state index is 12.2. The van der Waals surface area contributed by atoms with Crippen molar-refractivity contribution in [2.24, 2.45) is 0 Å². The highest BCUT2D eigenvalue weighted by Gasteiger charge is 2.13. The van der Waals surface area contributed by atoms with Gasteiger partial charge in [-0.1, -0.05) is 28.9 Å². The zero-order chi connectivity index (χ0) is 20.2. The van der Waals surface area contributed by atoms with Gasteiger partial charge in [-0.15, -0.1) is 11.3 Å². The van der Waals surface area contributed by atoms with Gasteiger partial charge in [-0.3, -0.25) is 9.78 Å². The van der Waals surface area contributed by atoms with Crippen molar-refractivity contribution in [3.05, 3.63) is 82.0 Å². The maximum Gasteiger partial charge on any atom is 0.173 e. The van der Waals surface area contributed by atoms with Crippen molar-refractivity contribution in [1.29, 1.82) is 0 Å². The van der Waals surface area contributed by atoms with Crippen molar-refractivity contribution < 1.29 is 9.32 Å². The van der Waals surface area contributed by atoms with Crippen molar-refractivity contribution >= 4 is 40.1 Å². The fourth-order valence-electron chi connectivity index (χ4n) is 2.96. The lowest BCUT2D eigenvalue weighted by Crippen LogP contribution is -2.08. The summed E-state index contributed by atoms with van der Waals surface area (Å²) in [6, 6.07) is 17.4. The molecule has 0 aliphatic rings. The Kier molecular flexibility index (Phi) is 5.74. The van der Waals surface area contributed by atoms with Gasteiger partial charge in [0.1, 0.15) is 11.5 Å². The smallest absolute Gasteiger partial charge is 0.173 e. The summed E-state index contributed by atoms with van der Waals surface area (Å²) >= 11 is 7.19. The first-order valence-electron chi connectivity index (χ1n) is 9.08. The summed E-state index contributed by atoms with van der Waals surface area (Å²) in [6.45, 7) is 0. The minimum absolute atomic E-state index is 0.0587. The van der Waals surface area contributed by atoms with Gasteiger partial charge in [-0.25, -0.2) is 0 Å². The molecule has 0 unspecified atom stereocenters. The number of pyridine rings is 1. The first-order valence-corrected chi connectivity index (χ1v) is 10.3. The highest BCUT2D eigenvalue weighted by Crippen LogP contribution is 2.27. The summed E-state index contributed by atoms with van der Waals surface area (Å²) in [6.07, 6.45) is 4.41. The van der Waals surface area contributed by atoms with Gasteiger partial charge in [0.05, 0.1) is 9.21 Å². The summed E-state index contributed by atoms with van der Waals surface area (Å²) in [5, 5.41) is 4.15. The molecule has 0 bridgehead atoms. The second kappa shape index (κ2) is 8.59. The minimum Gasteiger partial charge on any atom is -0.361 e. The highest BCUT2D eigenvalue weighted by molar-refractivity contribution is 7.18. The van der Waals surface area contributed by atoms with Crippen LogP contribution in [0.4, 0.5) is 11.4 Å². The van der Waals surface area contributed by atoms with E-state index >= 15 is 0 Å². The number of aryl methyl sites for hydroxylation is 1. The number of hydrogen-bond donors (Lipinski definition) is 0. The molecule has 4 rings (SSSR count). The number of hydrogen-bond acceptors (Lipinski definition) is 6. The second-order valence-electron chi connectivity index (χ2n) is 6.52. The van der Waals surface area contributed by atoms with E-state index in [1.165, 1.54) is 11.3 Å². The Morgan fingerprint density at radius 1 is 1.07 bits per heavy atom. The molecule has 3 aromatic heterocycles. The molecular weight excluding hydrogens is 406 g/mol.